The van der Waals surface area contributed by atoms with E-state index in [4.69, 9.17) is 5.73 Å². The summed E-state index contributed by atoms with van der Waals surface area (Å²) in [6.07, 6.45) is 4.39. The summed E-state index contributed by atoms with van der Waals surface area (Å²) in [6.45, 7) is 6.07. The largest absolute Gasteiger partial charge is 0.375 e. The van der Waals surface area contributed by atoms with Crippen LogP contribution in [0.25, 0.3) is 0 Å². The summed E-state index contributed by atoms with van der Waals surface area (Å²) in [5, 5.41) is 5.30. The van der Waals surface area contributed by atoms with Gasteiger partial charge in [-0.1, -0.05) is 11.9 Å². The van der Waals surface area contributed by atoms with E-state index in [2.05, 4.69) is 28.8 Å². The molecule has 2 heterocycles. The number of anilines is 1. The average molecular weight is 318 g/mol. The summed E-state index contributed by atoms with van der Waals surface area (Å²) >= 11 is 1.32. The minimum absolute atomic E-state index is 0.156. The molecule has 22 heavy (non-hydrogen) atoms. The SMILES string of the molecule is C=C(C)C[C@H]1CB[C@@H](NC(=O)/C(=N/C)c2csc(N)n2)CC1. The van der Waals surface area contributed by atoms with Crippen molar-refractivity contribution in [1.82, 2.24) is 10.3 Å². The molecule has 0 aliphatic carbocycles. The number of carbonyl (C=O) groups excluding carboxylic acids is 1. The standard InChI is InChI=1S/C15H23BN4OS/c1-9(2)6-10-4-5-12(16-7-10)20-14(21)13(18-3)11-8-22-15(17)19-11/h8,10,12,16H,1,4-7H2,2-3H3,(H2,17,19)(H,20,21)/b18-13+/t10-,12-/m0/s1. The first-order valence-corrected chi connectivity index (χ1v) is 8.51. The van der Waals surface area contributed by atoms with Gasteiger partial charge in [-0.2, -0.15) is 0 Å². The van der Waals surface area contributed by atoms with Crippen molar-refractivity contribution in [2.24, 2.45) is 10.9 Å². The molecule has 1 fully saturated rings. The van der Waals surface area contributed by atoms with Crippen LogP contribution in [-0.2, 0) is 4.79 Å². The van der Waals surface area contributed by atoms with E-state index < -0.39 is 0 Å². The Morgan fingerprint density at radius 3 is 2.91 bits per heavy atom. The summed E-state index contributed by atoms with van der Waals surface area (Å²) in [4.78, 5) is 20.6. The molecule has 0 unspecified atom stereocenters. The molecule has 1 aliphatic rings. The predicted octanol–water partition coefficient (Wildman–Crippen LogP) is 1.82. The number of hydrogen-bond acceptors (Lipinski definition) is 5. The molecule has 0 radical (unpaired) electrons. The van der Waals surface area contributed by atoms with E-state index in [-0.39, 0.29) is 11.8 Å². The summed E-state index contributed by atoms with van der Waals surface area (Å²) in [6, 6.07) is 0. The van der Waals surface area contributed by atoms with Gasteiger partial charge in [0.1, 0.15) is 18.7 Å². The van der Waals surface area contributed by atoms with Crippen LogP contribution >= 0.6 is 11.3 Å². The fourth-order valence-electron chi connectivity index (χ4n) is 2.99. The van der Waals surface area contributed by atoms with Gasteiger partial charge in [0.15, 0.2) is 5.13 Å². The normalized spacial score (nSPS) is 22.0. The van der Waals surface area contributed by atoms with E-state index in [1.807, 2.05) is 0 Å². The molecule has 1 aromatic heterocycles. The monoisotopic (exact) mass is 318 g/mol. The lowest BCUT2D eigenvalue weighted by atomic mass is 9.55. The highest BCUT2D eigenvalue weighted by atomic mass is 32.1. The zero-order valence-corrected chi connectivity index (χ0v) is 14.1. The zero-order valence-electron chi connectivity index (χ0n) is 13.3. The Bertz CT molecular complexity index is 576. The highest BCUT2D eigenvalue weighted by molar-refractivity contribution is 7.13. The Kier molecular flexibility index (Phi) is 5.77. The van der Waals surface area contributed by atoms with Crippen molar-refractivity contribution in [2.45, 2.75) is 38.4 Å². The molecule has 0 bridgehead atoms. The Balaban J connectivity index is 1.88. The molecule has 0 saturated carbocycles. The first-order valence-electron chi connectivity index (χ1n) is 7.63. The van der Waals surface area contributed by atoms with E-state index in [9.17, 15) is 4.79 Å². The van der Waals surface area contributed by atoms with Gasteiger partial charge in [-0.15, -0.1) is 17.9 Å². The lowest BCUT2D eigenvalue weighted by molar-refractivity contribution is -0.115. The van der Waals surface area contributed by atoms with Gasteiger partial charge in [0, 0.05) is 18.4 Å². The van der Waals surface area contributed by atoms with Crippen molar-refractivity contribution in [1.29, 1.82) is 0 Å². The van der Waals surface area contributed by atoms with Crippen LogP contribution in [0.15, 0.2) is 22.5 Å². The van der Waals surface area contributed by atoms with Crippen LogP contribution < -0.4 is 11.1 Å². The van der Waals surface area contributed by atoms with Gasteiger partial charge in [-0.3, -0.25) is 9.79 Å². The van der Waals surface area contributed by atoms with Gasteiger partial charge in [-0.05, 0) is 32.1 Å². The number of amides is 1. The van der Waals surface area contributed by atoms with Crippen LogP contribution in [0.3, 0.4) is 0 Å². The van der Waals surface area contributed by atoms with Crippen molar-refractivity contribution in [3.05, 3.63) is 23.2 Å². The van der Waals surface area contributed by atoms with Crippen LogP contribution in [0.2, 0.25) is 6.32 Å². The molecule has 1 aliphatic heterocycles. The third kappa shape index (κ3) is 4.43. The first kappa shape index (κ1) is 16.7. The third-order valence-corrected chi connectivity index (χ3v) is 4.70. The molecular weight excluding hydrogens is 295 g/mol. The Morgan fingerprint density at radius 2 is 2.41 bits per heavy atom. The van der Waals surface area contributed by atoms with Gasteiger partial charge in [-0.25, -0.2) is 4.98 Å². The minimum atomic E-state index is -0.156. The number of nitrogens with two attached hydrogens (primary N) is 1. The van der Waals surface area contributed by atoms with Crippen LogP contribution in [0, 0.1) is 5.92 Å². The summed E-state index contributed by atoms with van der Waals surface area (Å²) < 4.78 is 0. The first-order chi connectivity index (χ1) is 10.5. The van der Waals surface area contributed by atoms with Crippen LogP contribution in [0.5, 0.6) is 0 Å². The third-order valence-electron chi connectivity index (χ3n) is 4.02. The molecule has 1 saturated heterocycles. The van der Waals surface area contributed by atoms with Crippen molar-refractivity contribution < 1.29 is 4.79 Å². The Hall–Kier alpha value is -1.63. The van der Waals surface area contributed by atoms with E-state index in [1.54, 1.807) is 12.4 Å². The minimum Gasteiger partial charge on any atom is -0.375 e. The van der Waals surface area contributed by atoms with Gasteiger partial charge in [0.2, 0.25) is 0 Å². The number of aliphatic imine (C=N–C) groups is 1. The maximum absolute atomic E-state index is 12.4. The quantitative estimate of drug-likeness (QED) is 0.494. The van der Waals surface area contributed by atoms with Crippen molar-refractivity contribution in [3.63, 3.8) is 0 Å². The van der Waals surface area contributed by atoms with Crippen LogP contribution in [-0.4, -0.2) is 36.9 Å². The zero-order chi connectivity index (χ0) is 16.1. The van der Waals surface area contributed by atoms with Crippen molar-refractivity contribution in [2.75, 3.05) is 12.8 Å². The molecule has 0 spiro atoms. The molecule has 0 aromatic carbocycles. The number of carbonyl (C=O) groups is 1. The predicted molar refractivity (Wildman–Crippen MR) is 95.0 cm³/mol. The molecule has 7 heteroatoms. The molecule has 3 N–H and O–H groups in total. The maximum Gasteiger partial charge on any atom is 0.271 e. The van der Waals surface area contributed by atoms with Crippen molar-refractivity contribution in [3.8, 4) is 0 Å². The van der Waals surface area contributed by atoms with E-state index in [0.717, 1.165) is 32.9 Å². The molecule has 118 valence electrons. The van der Waals surface area contributed by atoms with E-state index in [1.165, 1.54) is 16.9 Å². The number of thiazole rings is 1. The second-order valence-corrected chi connectivity index (χ2v) is 6.89. The van der Waals surface area contributed by atoms with Crippen LogP contribution in [0.1, 0.15) is 31.9 Å². The summed E-state index contributed by atoms with van der Waals surface area (Å²) in [5.41, 5.74) is 7.78. The van der Waals surface area contributed by atoms with Crippen LogP contribution in [0.4, 0.5) is 5.13 Å². The molecule has 1 aromatic rings. The maximum atomic E-state index is 12.4. The summed E-state index contributed by atoms with van der Waals surface area (Å²) in [5.74, 6) is 0.779. The number of aromatic nitrogens is 1. The molecule has 2 atom stereocenters. The molecular formula is C15H23BN4OS. The fraction of sp³-hybridized carbons (Fsp3) is 0.533. The number of rotatable bonds is 5. The summed E-state index contributed by atoms with van der Waals surface area (Å²) in [7, 11) is 2.62. The lowest BCUT2D eigenvalue weighted by Gasteiger charge is -2.28. The highest BCUT2D eigenvalue weighted by Crippen LogP contribution is 2.25. The molecule has 1 amide bonds. The van der Waals surface area contributed by atoms with Gasteiger partial charge < -0.3 is 11.1 Å². The number of hydrogen-bond donors (Lipinski definition) is 2. The second-order valence-electron chi connectivity index (χ2n) is 6.00. The van der Waals surface area contributed by atoms with Gasteiger partial charge in [0.25, 0.3) is 5.91 Å². The number of nitrogens with one attached hydrogen (secondary N) is 1. The number of nitrogens with zero attached hydrogens (tertiary/aromatic N) is 2. The highest BCUT2D eigenvalue weighted by Gasteiger charge is 2.25. The topological polar surface area (TPSA) is 80.4 Å². The Labute approximate surface area is 136 Å². The Morgan fingerprint density at radius 1 is 1.64 bits per heavy atom. The number of allylic oxidation sites excluding steroid dienone is 1. The lowest BCUT2D eigenvalue weighted by Crippen LogP contribution is -2.45. The van der Waals surface area contributed by atoms with Gasteiger partial charge in [0.05, 0.1) is 0 Å². The van der Waals surface area contributed by atoms with E-state index >= 15 is 0 Å². The van der Waals surface area contributed by atoms with Crippen molar-refractivity contribution >= 4 is 35.4 Å². The number of nitrogen functional groups attached to an aromatic ring is 1. The molecule has 2 rings (SSSR count). The average Bonchev–Trinajstić information content (AvgIpc) is 2.87. The molecule has 5 nitrogen and oxygen atoms in total. The fourth-order valence-corrected chi connectivity index (χ4v) is 3.53. The smallest absolute Gasteiger partial charge is 0.271 e. The van der Waals surface area contributed by atoms with E-state index in [0.29, 0.717) is 22.5 Å². The van der Waals surface area contributed by atoms with Gasteiger partial charge >= 0.3 is 0 Å². The second kappa shape index (κ2) is 7.58.